The number of nitrogens with one attached hydrogen (secondary N) is 1. The fourth-order valence-electron chi connectivity index (χ4n) is 2.19. The second-order valence-electron chi connectivity index (χ2n) is 4.61. The van der Waals surface area contributed by atoms with Crippen LogP contribution >= 0.6 is 0 Å². The zero-order chi connectivity index (χ0) is 13.9. The standard InChI is InChI=1S/C15H14N4O/c16-12-9-10(13-3-1-2-8-17-13)4-5-11(12)14-6-7-15(20)19-18-14/h1-5,8-9H,6-7,16H2,(H,19,20). The minimum absolute atomic E-state index is 0.0579. The van der Waals surface area contributed by atoms with Gasteiger partial charge in [-0.3, -0.25) is 9.78 Å². The minimum Gasteiger partial charge on any atom is -0.398 e. The van der Waals surface area contributed by atoms with E-state index in [1.165, 1.54) is 0 Å². The van der Waals surface area contributed by atoms with E-state index >= 15 is 0 Å². The van der Waals surface area contributed by atoms with E-state index in [1.807, 2.05) is 36.4 Å². The van der Waals surface area contributed by atoms with Gasteiger partial charge in [-0.25, -0.2) is 5.43 Å². The van der Waals surface area contributed by atoms with Crippen LogP contribution in [0.15, 0.2) is 47.7 Å². The summed E-state index contributed by atoms with van der Waals surface area (Å²) in [4.78, 5) is 15.4. The van der Waals surface area contributed by atoms with Gasteiger partial charge in [-0.2, -0.15) is 5.10 Å². The van der Waals surface area contributed by atoms with Crippen molar-refractivity contribution >= 4 is 17.3 Å². The number of amides is 1. The van der Waals surface area contributed by atoms with Crippen LogP contribution in [0.25, 0.3) is 11.3 Å². The van der Waals surface area contributed by atoms with Crippen LogP contribution in [-0.4, -0.2) is 16.6 Å². The van der Waals surface area contributed by atoms with Gasteiger partial charge in [0.2, 0.25) is 5.91 Å². The Morgan fingerprint density at radius 2 is 2.05 bits per heavy atom. The molecule has 3 N–H and O–H groups in total. The summed E-state index contributed by atoms with van der Waals surface area (Å²) < 4.78 is 0. The highest BCUT2D eigenvalue weighted by Crippen LogP contribution is 2.24. The molecule has 0 unspecified atom stereocenters. The Labute approximate surface area is 116 Å². The summed E-state index contributed by atoms with van der Waals surface area (Å²) >= 11 is 0. The lowest BCUT2D eigenvalue weighted by Crippen LogP contribution is -2.26. The van der Waals surface area contributed by atoms with Crippen LogP contribution in [0, 0.1) is 0 Å². The van der Waals surface area contributed by atoms with Crippen LogP contribution in [0.2, 0.25) is 0 Å². The number of carbonyl (C=O) groups excluding carboxylic acids is 1. The van der Waals surface area contributed by atoms with E-state index in [-0.39, 0.29) is 5.91 Å². The first-order valence-electron chi connectivity index (χ1n) is 6.41. The Bertz CT molecular complexity index is 680. The smallest absolute Gasteiger partial charge is 0.240 e. The van der Waals surface area contributed by atoms with Gasteiger partial charge in [0.25, 0.3) is 0 Å². The lowest BCUT2D eigenvalue weighted by Gasteiger charge is -2.14. The molecule has 0 saturated carbocycles. The highest BCUT2D eigenvalue weighted by Gasteiger charge is 2.15. The number of pyridine rings is 1. The number of hydrazone groups is 1. The molecule has 5 heteroatoms. The molecule has 2 aromatic rings. The Morgan fingerprint density at radius 3 is 2.70 bits per heavy atom. The number of nitrogens with zero attached hydrogens (tertiary/aromatic N) is 2. The van der Waals surface area contributed by atoms with Gasteiger partial charge in [-0.1, -0.05) is 18.2 Å². The maximum absolute atomic E-state index is 11.1. The number of hydrogen-bond acceptors (Lipinski definition) is 4. The van der Waals surface area contributed by atoms with Crippen molar-refractivity contribution in [3.8, 4) is 11.3 Å². The molecule has 3 rings (SSSR count). The van der Waals surface area contributed by atoms with E-state index in [0.717, 1.165) is 22.5 Å². The van der Waals surface area contributed by atoms with Crippen LogP contribution < -0.4 is 11.2 Å². The van der Waals surface area contributed by atoms with Crippen LogP contribution in [0.5, 0.6) is 0 Å². The number of anilines is 1. The number of benzene rings is 1. The van der Waals surface area contributed by atoms with Gasteiger partial charge in [0.15, 0.2) is 0 Å². The largest absolute Gasteiger partial charge is 0.398 e. The van der Waals surface area contributed by atoms with Gasteiger partial charge in [0, 0.05) is 35.9 Å². The molecule has 1 aliphatic rings. The molecule has 0 spiro atoms. The third-order valence-electron chi connectivity index (χ3n) is 3.23. The molecule has 5 nitrogen and oxygen atoms in total. The molecule has 2 heterocycles. The summed E-state index contributed by atoms with van der Waals surface area (Å²) in [7, 11) is 0. The van der Waals surface area contributed by atoms with Crippen molar-refractivity contribution in [2.45, 2.75) is 12.8 Å². The number of carbonyl (C=O) groups is 1. The molecule has 0 atom stereocenters. The first-order valence-corrected chi connectivity index (χ1v) is 6.41. The molecule has 1 aliphatic heterocycles. The van der Waals surface area contributed by atoms with Crippen LogP contribution in [0.1, 0.15) is 18.4 Å². The predicted octanol–water partition coefficient (Wildman–Crippen LogP) is 1.94. The topological polar surface area (TPSA) is 80.4 Å². The zero-order valence-corrected chi connectivity index (χ0v) is 10.8. The highest BCUT2D eigenvalue weighted by atomic mass is 16.2. The maximum Gasteiger partial charge on any atom is 0.240 e. The van der Waals surface area contributed by atoms with Gasteiger partial charge < -0.3 is 5.73 Å². The molecule has 100 valence electrons. The van der Waals surface area contributed by atoms with E-state index in [2.05, 4.69) is 15.5 Å². The average Bonchev–Trinajstić information content (AvgIpc) is 2.49. The lowest BCUT2D eigenvalue weighted by molar-refractivity contribution is -0.121. The number of nitrogens with two attached hydrogens (primary N) is 1. The predicted molar refractivity (Wildman–Crippen MR) is 78.0 cm³/mol. The van der Waals surface area contributed by atoms with Gasteiger partial charge in [0.05, 0.1) is 11.4 Å². The molecule has 1 aromatic heterocycles. The summed E-state index contributed by atoms with van der Waals surface area (Å²) in [5.74, 6) is -0.0579. The van der Waals surface area contributed by atoms with E-state index in [0.29, 0.717) is 18.5 Å². The quantitative estimate of drug-likeness (QED) is 0.815. The van der Waals surface area contributed by atoms with Crippen LogP contribution in [0.3, 0.4) is 0 Å². The number of nitrogen functional groups attached to an aromatic ring is 1. The van der Waals surface area contributed by atoms with Crippen LogP contribution in [0.4, 0.5) is 5.69 Å². The number of hydrogen-bond donors (Lipinski definition) is 2. The Hall–Kier alpha value is -2.69. The Morgan fingerprint density at radius 1 is 1.15 bits per heavy atom. The molecular formula is C15H14N4O. The Kier molecular flexibility index (Phi) is 3.16. The van der Waals surface area contributed by atoms with Gasteiger partial charge in [-0.15, -0.1) is 0 Å². The Balaban J connectivity index is 1.94. The SMILES string of the molecule is Nc1cc(-c2ccccn2)ccc1C1=NNC(=O)CC1. The number of aromatic nitrogens is 1. The highest BCUT2D eigenvalue weighted by molar-refractivity contribution is 6.07. The monoisotopic (exact) mass is 266 g/mol. The minimum atomic E-state index is -0.0579. The van der Waals surface area contributed by atoms with Gasteiger partial charge in [-0.05, 0) is 18.2 Å². The van der Waals surface area contributed by atoms with Gasteiger partial charge in [0.1, 0.15) is 0 Å². The second kappa shape index (κ2) is 5.13. The van der Waals surface area contributed by atoms with E-state index < -0.39 is 0 Å². The molecule has 0 fully saturated rings. The molecule has 1 aromatic carbocycles. The molecule has 0 bridgehead atoms. The second-order valence-corrected chi connectivity index (χ2v) is 4.61. The molecule has 0 radical (unpaired) electrons. The van der Waals surface area contributed by atoms with E-state index in [9.17, 15) is 4.79 Å². The van der Waals surface area contributed by atoms with Crippen molar-refractivity contribution in [3.63, 3.8) is 0 Å². The van der Waals surface area contributed by atoms with Crippen molar-refractivity contribution in [2.24, 2.45) is 5.10 Å². The van der Waals surface area contributed by atoms with Crippen molar-refractivity contribution in [1.29, 1.82) is 0 Å². The maximum atomic E-state index is 11.1. The zero-order valence-electron chi connectivity index (χ0n) is 10.8. The molecule has 1 amide bonds. The van der Waals surface area contributed by atoms with E-state index in [4.69, 9.17) is 5.73 Å². The lowest BCUT2D eigenvalue weighted by atomic mass is 9.99. The van der Waals surface area contributed by atoms with Crippen molar-refractivity contribution in [3.05, 3.63) is 48.2 Å². The summed E-state index contributed by atoms with van der Waals surface area (Å²) in [5.41, 5.74) is 12.8. The van der Waals surface area contributed by atoms with Crippen molar-refractivity contribution in [2.75, 3.05) is 5.73 Å². The third-order valence-corrected chi connectivity index (χ3v) is 3.23. The van der Waals surface area contributed by atoms with E-state index in [1.54, 1.807) is 6.20 Å². The molecule has 20 heavy (non-hydrogen) atoms. The summed E-state index contributed by atoms with van der Waals surface area (Å²) in [6, 6.07) is 11.5. The first-order chi connectivity index (χ1) is 9.74. The first kappa shape index (κ1) is 12.3. The van der Waals surface area contributed by atoms with Gasteiger partial charge >= 0.3 is 0 Å². The normalized spacial score (nSPS) is 14.6. The molecule has 0 aliphatic carbocycles. The third kappa shape index (κ3) is 2.38. The molecule has 0 saturated heterocycles. The van der Waals surface area contributed by atoms with Crippen LogP contribution in [-0.2, 0) is 4.79 Å². The summed E-state index contributed by atoms with van der Waals surface area (Å²) in [5, 5.41) is 4.07. The fraction of sp³-hybridized carbons (Fsp3) is 0.133. The average molecular weight is 266 g/mol. The number of rotatable bonds is 2. The fourth-order valence-corrected chi connectivity index (χ4v) is 2.19. The summed E-state index contributed by atoms with van der Waals surface area (Å²) in [6.07, 6.45) is 2.80. The summed E-state index contributed by atoms with van der Waals surface area (Å²) in [6.45, 7) is 0. The molecular weight excluding hydrogens is 252 g/mol. The van der Waals surface area contributed by atoms with Crippen molar-refractivity contribution < 1.29 is 4.79 Å². The van der Waals surface area contributed by atoms with Crippen molar-refractivity contribution in [1.82, 2.24) is 10.4 Å².